The second-order valence-corrected chi connectivity index (χ2v) is 7.79. The number of hydrogen-bond donors (Lipinski definition) is 0. The van der Waals surface area contributed by atoms with Gasteiger partial charge in [-0.25, -0.2) is 9.79 Å². The van der Waals surface area contributed by atoms with Gasteiger partial charge in [0.15, 0.2) is 0 Å². The molecule has 0 N–H and O–H groups in total. The molecule has 0 radical (unpaired) electrons. The molecule has 0 bridgehead atoms. The Balaban J connectivity index is 2.86. The summed E-state index contributed by atoms with van der Waals surface area (Å²) in [5.74, 6) is 0. The second kappa shape index (κ2) is 7.89. The van der Waals surface area contributed by atoms with Crippen LogP contribution in [0, 0.1) is 0 Å². The van der Waals surface area contributed by atoms with Crippen LogP contribution in [0.25, 0.3) is 0 Å². The summed E-state index contributed by atoms with van der Waals surface area (Å²) in [5.41, 5.74) is 0. The molecular formula is C12H23NO5Si. The van der Waals surface area contributed by atoms with Gasteiger partial charge in [-0.15, -0.1) is 0 Å². The second-order valence-electron chi connectivity index (χ2n) is 4.54. The lowest BCUT2D eigenvalue weighted by molar-refractivity contribution is -0.0873. The van der Waals surface area contributed by atoms with Gasteiger partial charge in [0.25, 0.3) is 0 Å². The van der Waals surface area contributed by atoms with Gasteiger partial charge in [-0.05, 0) is 32.1 Å². The Morgan fingerprint density at radius 1 is 1.26 bits per heavy atom. The lowest BCUT2D eigenvalue weighted by Gasteiger charge is -2.45. The molecule has 1 aliphatic heterocycles. The standard InChI is InChI=1S/C12H23NO5Si/c1-15-19(16-2,17-3)12(7-4-5-10-18-12)8-6-9-13-11-14/h4-10H2,1-3H3. The van der Waals surface area contributed by atoms with Gasteiger partial charge in [-0.2, -0.15) is 0 Å². The van der Waals surface area contributed by atoms with Crippen LogP contribution in [0.3, 0.4) is 0 Å². The third kappa shape index (κ3) is 3.50. The molecule has 1 unspecified atom stereocenters. The third-order valence-corrected chi connectivity index (χ3v) is 7.01. The van der Waals surface area contributed by atoms with E-state index in [-0.39, 0.29) is 0 Å². The minimum absolute atomic E-state index is 0.441. The first kappa shape index (κ1) is 16.5. The first-order valence-electron chi connectivity index (χ1n) is 6.53. The van der Waals surface area contributed by atoms with Gasteiger partial charge in [0.1, 0.15) is 5.22 Å². The van der Waals surface area contributed by atoms with Gasteiger partial charge in [-0.3, -0.25) is 0 Å². The Kier molecular flexibility index (Phi) is 6.85. The average molecular weight is 289 g/mol. The van der Waals surface area contributed by atoms with Crippen LogP contribution < -0.4 is 0 Å². The van der Waals surface area contributed by atoms with Crippen molar-refractivity contribution in [3.05, 3.63) is 0 Å². The molecule has 1 aliphatic rings. The Hall–Kier alpha value is -0.563. The molecule has 1 saturated heterocycles. The summed E-state index contributed by atoms with van der Waals surface area (Å²) in [6, 6.07) is 0. The van der Waals surface area contributed by atoms with Gasteiger partial charge in [0.2, 0.25) is 6.08 Å². The lowest BCUT2D eigenvalue weighted by atomic mass is 10.0. The zero-order valence-electron chi connectivity index (χ0n) is 11.9. The number of ether oxygens (including phenoxy) is 1. The van der Waals surface area contributed by atoms with Crippen LogP contribution in [0.15, 0.2) is 4.99 Å². The number of isocyanates is 1. The quantitative estimate of drug-likeness (QED) is 0.293. The Bertz CT molecular complexity index is 301. The van der Waals surface area contributed by atoms with Crippen molar-refractivity contribution in [2.75, 3.05) is 34.5 Å². The predicted molar refractivity (Wildman–Crippen MR) is 71.5 cm³/mol. The molecule has 0 spiro atoms. The van der Waals surface area contributed by atoms with Crippen molar-refractivity contribution in [3.8, 4) is 0 Å². The molecule has 0 aliphatic carbocycles. The van der Waals surface area contributed by atoms with E-state index < -0.39 is 14.0 Å². The zero-order chi connectivity index (χ0) is 14.2. The Morgan fingerprint density at radius 3 is 2.42 bits per heavy atom. The zero-order valence-corrected chi connectivity index (χ0v) is 12.9. The predicted octanol–water partition coefficient (Wildman–Crippen LogP) is 1.46. The Morgan fingerprint density at radius 2 is 1.95 bits per heavy atom. The molecule has 1 heterocycles. The molecule has 7 heteroatoms. The van der Waals surface area contributed by atoms with E-state index in [0.29, 0.717) is 19.6 Å². The van der Waals surface area contributed by atoms with Crippen LogP contribution in [0.2, 0.25) is 0 Å². The summed E-state index contributed by atoms with van der Waals surface area (Å²) in [7, 11) is 1.91. The summed E-state index contributed by atoms with van der Waals surface area (Å²) in [4.78, 5) is 13.7. The molecular weight excluding hydrogens is 266 g/mol. The first-order chi connectivity index (χ1) is 9.20. The molecule has 1 atom stereocenters. The van der Waals surface area contributed by atoms with Gasteiger partial charge in [-0.1, -0.05) is 0 Å². The van der Waals surface area contributed by atoms with Crippen molar-refractivity contribution >= 4 is 14.9 Å². The number of aliphatic imine (C=N–C) groups is 1. The maximum absolute atomic E-state index is 10.1. The van der Waals surface area contributed by atoms with E-state index in [1.807, 2.05) is 0 Å². The lowest BCUT2D eigenvalue weighted by Crippen LogP contribution is -2.66. The van der Waals surface area contributed by atoms with Crippen LogP contribution in [0.1, 0.15) is 32.1 Å². The minimum atomic E-state index is -2.89. The van der Waals surface area contributed by atoms with Crippen LogP contribution in [0.5, 0.6) is 0 Å². The van der Waals surface area contributed by atoms with Crippen LogP contribution in [0.4, 0.5) is 0 Å². The summed E-state index contributed by atoms with van der Waals surface area (Å²) in [5, 5.41) is -0.526. The largest absolute Gasteiger partial charge is 0.533 e. The topological polar surface area (TPSA) is 66.3 Å². The summed E-state index contributed by atoms with van der Waals surface area (Å²) in [6.45, 7) is 1.12. The van der Waals surface area contributed by atoms with Gasteiger partial charge in [0, 0.05) is 27.9 Å². The van der Waals surface area contributed by atoms with Crippen molar-refractivity contribution in [1.82, 2.24) is 0 Å². The van der Waals surface area contributed by atoms with Gasteiger partial charge in [0.05, 0.1) is 6.54 Å². The van der Waals surface area contributed by atoms with Crippen molar-refractivity contribution in [1.29, 1.82) is 0 Å². The van der Waals surface area contributed by atoms with Crippen LogP contribution >= 0.6 is 0 Å². The molecule has 110 valence electrons. The van der Waals surface area contributed by atoms with E-state index in [0.717, 1.165) is 25.7 Å². The fourth-order valence-electron chi connectivity index (χ4n) is 2.74. The van der Waals surface area contributed by atoms with Crippen LogP contribution in [-0.2, 0) is 22.8 Å². The van der Waals surface area contributed by atoms with E-state index in [2.05, 4.69) is 4.99 Å². The van der Waals surface area contributed by atoms with Crippen molar-refractivity contribution in [2.45, 2.75) is 37.3 Å². The molecule has 19 heavy (non-hydrogen) atoms. The fraction of sp³-hybridized carbons (Fsp3) is 0.917. The highest BCUT2D eigenvalue weighted by Gasteiger charge is 2.61. The number of rotatable bonds is 8. The minimum Gasteiger partial charge on any atom is -0.375 e. The fourth-order valence-corrected chi connectivity index (χ4v) is 5.60. The third-order valence-electron chi connectivity index (χ3n) is 3.63. The van der Waals surface area contributed by atoms with Gasteiger partial charge < -0.3 is 18.0 Å². The van der Waals surface area contributed by atoms with Crippen molar-refractivity contribution in [2.24, 2.45) is 4.99 Å². The summed E-state index contributed by atoms with van der Waals surface area (Å²) >= 11 is 0. The number of nitrogens with zero attached hydrogens (tertiary/aromatic N) is 1. The molecule has 0 amide bonds. The summed E-state index contributed by atoms with van der Waals surface area (Å²) < 4.78 is 22.8. The molecule has 1 rings (SSSR count). The molecule has 0 aromatic rings. The number of hydrogen-bond acceptors (Lipinski definition) is 6. The van der Waals surface area contributed by atoms with Crippen LogP contribution in [-0.4, -0.2) is 54.6 Å². The first-order valence-corrected chi connectivity index (χ1v) is 8.26. The normalized spacial score (nSPS) is 23.9. The molecule has 0 aromatic heterocycles. The monoisotopic (exact) mass is 289 g/mol. The van der Waals surface area contributed by atoms with Crippen molar-refractivity contribution < 1.29 is 22.8 Å². The van der Waals surface area contributed by atoms with E-state index >= 15 is 0 Å². The average Bonchev–Trinajstić information content (AvgIpc) is 2.47. The van der Waals surface area contributed by atoms with Gasteiger partial charge >= 0.3 is 8.80 Å². The maximum atomic E-state index is 10.1. The van der Waals surface area contributed by atoms with E-state index in [4.69, 9.17) is 18.0 Å². The maximum Gasteiger partial charge on any atom is 0.533 e. The number of carbonyl (C=O) groups excluding carboxylic acids is 1. The van der Waals surface area contributed by atoms with Crippen molar-refractivity contribution in [3.63, 3.8) is 0 Å². The Labute approximate surface area is 115 Å². The van der Waals surface area contributed by atoms with E-state index in [1.165, 1.54) is 0 Å². The highest BCUT2D eigenvalue weighted by atomic mass is 28.4. The molecule has 6 nitrogen and oxygen atoms in total. The summed E-state index contributed by atoms with van der Waals surface area (Å²) in [6.07, 6.45) is 5.92. The van der Waals surface area contributed by atoms with E-state index in [1.54, 1.807) is 27.4 Å². The highest BCUT2D eigenvalue weighted by Crippen LogP contribution is 2.38. The molecule has 0 saturated carbocycles. The smallest absolute Gasteiger partial charge is 0.375 e. The SMILES string of the molecule is CO[Si](OC)(OC)C1(CCCN=C=O)CCCCO1. The van der Waals surface area contributed by atoms with E-state index in [9.17, 15) is 4.79 Å². The highest BCUT2D eigenvalue weighted by molar-refractivity contribution is 6.64. The molecule has 0 aromatic carbocycles. The molecule has 1 fully saturated rings.